The first-order chi connectivity index (χ1) is 16.5. The molecule has 8 heteroatoms. The molecule has 2 aromatic heterocycles. The largest absolute Gasteiger partial charge is 0.457 e. The Morgan fingerprint density at radius 3 is 2.62 bits per heavy atom. The van der Waals surface area contributed by atoms with E-state index < -0.39 is 5.82 Å². The second-order valence-electron chi connectivity index (χ2n) is 7.31. The Kier molecular flexibility index (Phi) is 5.92. The summed E-state index contributed by atoms with van der Waals surface area (Å²) in [5.41, 5.74) is 2.42. The zero-order valence-electron chi connectivity index (χ0n) is 17.4. The number of oxazole rings is 1. The third-order valence-corrected chi connectivity index (χ3v) is 5.82. The van der Waals surface area contributed by atoms with Crippen molar-refractivity contribution >= 4 is 52.0 Å². The Bertz CT molecular complexity index is 1560. The molecule has 0 unspecified atom stereocenters. The smallest absolute Gasteiger partial charge is 0.248 e. The van der Waals surface area contributed by atoms with Crippen molar-refractivity contribution in [3.63, 3.8) is 0 Å². The minimum absolute atomic E-state index is 0.171. The van der Waals surface area contributed by atoms with Crippen molar-refractivity contribution in [2.45, 2.75) is 0 Å². The van der Waals surface area contributed by atoms with Crippen molar-refractivity contribution in [3.8, 4) is 22.8 Å². The van der Waals surface area contributed by atoms with Gasteiger partial charge in [0.25, 0.3) is 0 Å². The van der Waals surface area contributed by atoms with Crippen LogP contribution in [-0.2, 0) is 4.79 Å². The third kappa shape index (κ3) is 4.46. The fraction of sp³-hybridized carbons (Fsp3) is 0. The highest BCUT2D eigenvalue weighted by molar-refractivity contribution is 6.43. The van der Waals surface area contributed by atoms with Gasteiger partial charge in [-0.15, -0.1) is 0 Å². The lowest BCUT2D eigenvalue weighted by Crippen LogP contribution is -2.07. The Morgan fingerprint density at radius 2 is 1.76 bits per heavy atom. The fourth-order valence-electron chi connectivity index (χ4n) is 3.38. The van der Waals surface area contributed by atoms with Crippen LogP contribution in [0.3, 0.4) is 0 Å². The second-order valence-corrected chi connectivity index (χ2v) is 8.09. The Labute approximate surface area is 203 Å². The number of nitrogens with one attached hydrogen (secondary N) is 1. The van der Waals surface area contributed by atoms with Gasteiger partial charge in [0, 0.05) is 17.3 Å². The minimum atomic E-state index is -0.425. The van der Waals surface area contributed by atoms with Crippen molar-refractivity contribution < 1.29 is 18.0 Å². The van der Waals surface area contributed by atoms with E-state index in [4.69, 9.17) is 32.0 Å². The molecule has 2 heterocycles. The van der Waals surface area contributed by atoms with E-state index in [1.54, 1.807) is 72.8 Å². The molecule has 168 valence electrons. The molecular weight excluding hydrogens is 478 g/mol. The van der Waals surface area contributed by atoms with E-state index in [1.165, 1.54) is 12.1 Å². The monoisotopic (exact) mass is 492 g/mol. The molecule has 0 aliphatic heterocycles. The number of aromatic nitrogens is 1. The number of anilines is 1. The number of amides is 1. The van der Waals surface area contributed by atoms with Gasteiger partial charge in [0.05, 0.1) is 15.6 Å². The van der Waals surface area contributed by atoms with Crippen molar-refractivity contribution in [1.82, 2.24) is 4.98 Å². The number of carbonyl (C=O) groups is 1. The summed E-state index contributed by atoms with van der Waals surface area (Å²) in [6.45, 7) is 0. The number of rotatable bonds is 5. The molecule has 0 saturated heterocycles. The summed E-state index contributed by atoms with van der Waals surface area (Å²) in [4.78, 5) is 16.7. The summed E-state index contributed by atoms with van der Waals surface area (Å²) in [5, 5.41) is 3.58. The molecule has 0 aliphatic rings. The molecule has 5 aromatic rings. The van der Waals surface area contributed by atoms with Gasteiger partial charge in [-0.25, -0.2) is 9.37 Å². The van der Waals surface area contributed by atoms with Crippen LogP contribution in [0.25, 0.3) is 40.0 Å². The summed E-state index contributed by atoms with van der Waals surface area (Å²) < 4.78 is 25.4. The number of fused-ring (bicyclic) bond motifs is 1. The molecule has 5 nitrogen and oxygen atoms in total. The van der Waals surface area contributed by atoms with Crippen LogP contribution in [0.1, 0.15) is 5.76 Å². The normalized spacial score (nSPS) is 11.4. The predicted molar refractivity (Wildman–Crippen MR) is 131 cm³/mol. The van der Waals surface area contributed by atoms with Gasteiger partial charge in [0.15, 0.2) is 5.58 Å². The first-order valence-electron chi connectivity index (χ1n) is 10.2. The average Bonchev–Trinajstić information content (AvgIpc) is 3.46. The van der Waals surface area contributed by atoms with E-state index in [9.17, 15) is 9.18 Å². The summed E-state index contributed by atoms with van der Waals surface area (Å²) in [5.74, 6) is 0.393. The van der Waals surface area contributed by atoms with Crippen molar-refractivity contribution in [3.05, 3.63) is 100 Å². The second kappa shape index (κ2) is 9.17. The maximum absolute atomic E-state index is 14.0. The third-order valence-electron chi connectivity index (χ3n) is 5.00. The van der Waals surface area contributed by atoms with Crippen molar-refractivity contribution in [2.24, 2.45) is 0 Å². The molecule has 34 heavy (non-hydrogen) atoms. The number of furan rings is 1. The molecule has 0 spiro atoms. The van der Waals surface area contributed by atoms with Crippen LogP contribution >= 0.6 is 23.2 Å². The maximum Gasteiger partial charge on any atom is 0.248 e. The summed E-state index contributed by atoms with van der Waals surface area (Å²) >= 11 is 12.3. The molecule has 0 bridgehead atoms. The van der Waals surface area contributed by atoms with Gasteiger partial charge in [-0.3, -0.25) is 4.79 Å². The molecule has 0 radical (unpaired) electrons. The van der Waals surface area contributed by atoms with Gasteiger partial charge in [-0.1, -0.05) is 41.4 Å². The minimum Gasteiger partial charge on any atom is -0.457 e. The van der Waals surface area contributed by atoms with Crippen LogP contribution in [0.4, 0.5) is 10.1 Å². The first-order valence-corrected chi connectivity index (χ1v) is 10.9. The van der Waals surface area contributed by atoms with Gasteiger partial charge in [0.1, 0.15) is 22.9 Å². The summed E-state index contributed by atoms with van der Waals surface area (Å²) in [7, 11) is 0. The Morgan fingerprint density at radius 1 is 0.941 bits per heavy atom. The SMILES string of the molecule is O=C(C=Cc1ccc(-c2cccc(Cl)c2Cl)o1)Nc1ccc2oc(-c3ccccc3F)nc2c1. The highest BCUT2D eigenvalue weighted by Gasteiger charge is 2.13. The topological polar surface area (TPSA) is 68.3 Å². The highest BCUT2D eigenvalue weighted by Crippen LogP contribution is 2.34. The predicted octanol–water partition coefficient (Wildman–Crippen LogP) is 7.85. The number of hydrogen-bond acceptors (Lipinski definition) is 4. The zero-order chi connectivity index (χ0) is 23.7. The molecule has 5 rings (SSSR count). The van der Waals surface area contributed by atoms with Crippen LogP contribution in [0.2, 0.25) is 10.0 Å². The van der Waals surface area contributed by atoms with Gasteiger partial charge in [0.2, 0.25) is 11.8 Å². The molecule has 0 fully saturated rings. The van der Waals surface area contributed by atoms with Gasteiger partial charge >= 0.3 is 0 Å². The highest BCUT2D eigenvalue weighted by atomic mass is 35.5. The molecule has 0 aliphatic carbocycles. The van der Waals surface area contributed by atoms with E-state index in [-0.39, 0.29) is 17.4 Å². The molecule has 1 amide bonds. The van der Waals surface area contributed by atoms with E-state index in [0.717, 1.165) is 0 Å². The van der Waals surface area contributed by atoms with E-state index >= 15 is 0 Å². The van der Waals surface area contributed by atoms with Crippen LogP contribution in [0, 0.1) is 5.82 Å². The fourth-order valence-corrected chi connectivity index (χ4v) is 3.77. The summed E-state index contributed by atoms with van der Waals surface area (Å²) in [6, 6.07) is 20.0. The lowest BCUT2D eigenvalue weighted by molar-refractivity contribution is -0.111. The molecule has 3 aromatic carbocycles. The Balaban J connectivity index is 1.30. The van der Waals surface area contributed by atoms with Gasteiger partial charge in [-0.05, 0) is 60.7 Å². The van der Waals surface area contributed by atoms with Crippen LogP contribution < -0.4 is 5.32 Å². The van der Waals surface area contributed by atoms with E-state index in [2.05, 4.69) is 10.3 Å². The van der Waals surface area contributed by atoms with Crippen LogP contribution in [-0.4, -0.2) is 10.9 Å². The van der Waals surface area contributed by atoms with Gasteiger partial charge < -0.3 is 14.2 Å². The maximum atomic E-state index is 14.0. The lowest BCUT2D eigenvalue weighted by atomic mass is 10.2. The number of halogens is 3. The summed E-state index contributed by atoms with van der Waals surface area (Å²) in [6.07, 6.45) is 2.89. The molecular formula is C26H15Cl2FN2O3. The first kappa shape index (κ1) is 21.9. The number of nitrogens with zero attached hydrogens (tertiary/aromatic N) is 1. The molecule has 1 N–H and O–H groups in total. The van der Waals surface area contributed by atoms with E-state index in [1.807, 2.05) is 0 Å². The van der Waals surface area contributed by atoms with Crippen LogP contribution in [0.15, 0.2) is 87.7 Å². The lowest BCUT2D eigenvalue weighted by Gasteiger charge is -2.02. The Hall–Kier alpha value is -3.87. The van der Waals surface area contributed by atoms with E-state index in [0.29, 0.717) is 43.9 Å². The van der Waals surface area contributed by atoms with Crippen molar-refractivity contribution in [2.75, 3.05) is 5.32 Å². The number of hydrogen-bond donors (Lipinski definition) is 1. The zero-order valence-corrected chi connectivity index (χ0v) is 18.9. The van der Waals surface area contributed by atoms with Crippen molar-refractivity contribution in [1.29, 1.82) is 0 Å². The molecule has 0 saturated carbocycles. The molecule has 0 atom stereocenters. The standard InChI is InChI=1S/C26H15Cl2FN2O3/c27-19-6-3-5-18(25(19)28)22-12-9-16(33-22)10-13-24(32)30-15-8-11-23-21(14-15)31-26(34-23)17-4-1-2-7-20(17)29/h1-14H,(H,30,32). The quantitative estimate of drug-likeness (QED) is 0.253. The average molecular weight is 493 g/mol. The number of benzene rings is 3. The van der Waals surface area contributed by atoms with Gasteiger partial charge in [-0.2, -0.15) is 0 Å². The number of carbonyl (C=O) groups excluding carboxylic acids is 1. The van der Waals surface area contributed by atoms with Crippen LogP contribution in [0.5, 0.6) is 0 Å².